The third-order valence-electron chi connectivity index (χ3n) is 3.65. The molecule has 2 aliphatic rings. The summed E-state index contributed by atoms with van der Waals surface area (Å²) in [6, 6.07) is 3.42. The van der Waals surface area contributed by atoms with Crippen LogP contribution in [0.15, 0.2) is 16.7 Å². The van der Waals surface area contributed by atoms with Gasteiger partial charge in [-0.25, -0.2) is 9.78 Å². The predicted octanol–water partition coefficient (Wildman–Crippen LogP) is 3.43. The van der Waals surface area contributed by atoms with Crippen LogP contribution in [-0.4, -0.2) is 28.2 Å². The highest BCUT2D eigenvalue weighted by Crippen LogP contribution is 2.46. The van der Waals surface area contributed by atoms with Crippen molar-refractivity contribution in [1.29, 1.82) is 0 Å². The zero-order valence-electron chi connectivity index (χ0n) is 12.7. The number of imide groups is 1. The normalized spacial score (nSPS) is 19.3. The van der Waals surface area contributed by atoms with Crippen LogP contribution in [0.4, 0.5) is 10.6 Å². The number of carbonyl (C=O) groups is 2. The quantitative estimate of drug-likeness (QED) is 0.656. The second-order valence-corrected chi connectivity index (χ2v) is 7.34. The number of anilines is 1. The maximum Gasteiger partial charge on any atom is 0.423 e. The molecule has 7 heteroatoms. The van der Waals surface area contributed by atoms with Gasteiger partial charge < -0.3 is 9.47 Å². The highest BCUT2D eigenvalue weighted by Gasteiger charge is 2.55. The van der Waals surface area contributed by atoms with Gasteiger partial charge in [0.1, 0.15) is 10.2 Å². The molecule has 0 atom stereocenters. The molecular weight excluding hydrogens is 352 g/mol. The lowest BCUT2D eigenvalue weighted by molar-refractivity contribution is -0.143. The van der Waals surface area contributed by atoms with E-state index in [0.29, 0.717) is 23.2 Å². The van der Waals surface area contributed by atoms with Crippen molar-refractivity contribution >= 4 is 33.7 Å². The van der Waals surface area contributed by atoms with Crippen LogP contribution in [0.5, 0.6) is 5.75 Å². The zero-order valence-corrected chi connectivity index (χ0v) is 14.3. The minimum absolute atomic E-state index is 0.172. The second-order valence-electron chi connectivity index (χ2n) is 6.53. The van der Waals surface area contributed by atoms with E-state index in [2.05, 4.69) is 20.9 Å². The fraction of sp³-hybridized carbons (Fsp3) is 0.533. The first-order valence-corrected chi connectivity index (χ1v) is 7.94. The molecule has 0 N–H and O–H groups in total. The van der Waals surface area contributed by atoms with Crippen molar-refractivity contribution < 1.29 is 19.1 Å². The fourth-order valence-corrected chi connectivity index (χ4v) is 2.80. The standard InChI is InChI=1S/C15H17BrN2O4/c1-14(2,3)22-13(20)18-11-9(5-6-10(16)17-11)21-15(12(18)19)7-4-8-15/h5-6H,4,7-8H2,1-3H3. The van der Waals surface area contributed by atoms with Gasteiger partial charge in [-0.2, -0.15) is 4.90 Å². The topological polar surface area (TPSA) is 68.7 Å². The highest BCUT2D eigenvalue weighted by molar-refractivity contribution is 9.10. The first-order valence-electron chi connectivity index (χ1n) is 7.15. The molecule has 118 valence electrons. The Kier molecular flexibility index (Phi) is 3.43. The van der Waals surface area contributed by atoms with E-state index in [4.69, 9.17) is 9.47 Å². The van der Waals surface area contributed by atoms with Crippen molar-refractivity contribution in [2.24, 2.45) is 0 Å². The summed E-state index contributed by atoms with van der Waals surface area (Å²) in [6.45, 7) is 5.26. The van der Waals surface area contributed by atoms with E-state index in [1.165, 1.54) is 0 Å². The Labute approximate surface area is 136 Å². The van der Waals surface area contributed by atoms with Crippen molar-refractivity contribution in [2.45, 2.75) is 51.2 Å². The van der Waals surface area contributed by atoms with E-state index >= 15 is 0 Å². The van der Waals surface area contributed by atoms with Crippen LogP contribution in [0.3, 0.4) is 0 Å². The summed E-state index contributed by atoms with van der Waals surface area (Å²) >= 11 is 3.25. The Balaban J connectivity index is 2.04. The first kappa shape index (κ1) is 15.3. The molecule has 1 saturated carbocycles. The summed E-state index contributed by atoms with van der Waals surface area (Å²) in [5.74, 6) is 0.200. The number of ether oxygens (including phenoxy) is 2. The molecule has 6 nitrogen and oxygen atoms in total. The van der Waals surface area contributed by atoms with Gasteiger partial charge in [-0.1, -0.05) is 0 Å². The molecule has 2 heterocycles. The lowest BCUT2D eigenvalue weighted by Gasteiger charge is -2.45. The van der Waals surface area contributed by atoms with E-state index in [9.17, 15) is 9.59 Å². The molecule has 0 bridgehead atoms. The average molecular weight is 369 g/mol. The Bertz CT molecular complexity index is 649. The smallest absolute Gasteiger partial charge is 0.423 e. The number of carbonyl (C=O) groups excluding carboxylic acids is 2. The number of amides is 2. The van der Waals surface area contributed by atoms with Gasteiger partial charge in [0, 0.05) is 0 Å². The van der Waals surface area contributed by atoms with Crippen LogP contribution in [0.1, 0.15) is 40.0 Å². The largest absolute Gasteiger partial charge is 0.473 e. The fourth-order valence-electron chi connectivity index (χ4n) is 2.50. The van der Waals surface area contributed by atoms with Crippen LogP contribution in [0.2, 0.25) is 0 Å². The number of halogens is 1. The Morgan fingerprint density at radius 2 is 2.09 bits per heavy atom. The van der Waals surface area contributed by atoms with E-state index in [0.717, 1.165) is 11.3 Å². The summed E-state index contributed by atoms with van der Waals surface area (Å²) in [5, 5.41) is 0. The molecule has 0 radical (unpaired) electrons. The summed E-state index contributed by atoms with van der Waals surface area (Å²) in [5.41, 5.74) is -1.64. The van der Waals surface area contributed by atoms with Gasteiger partial charge >= 0.3 is 6.09 Å². The number of hydrogen-bond acceptors (Lipinski definition) is 5. The zero-order chi connectivity index (χ0) is 16.1. The lowest BCUT2D eigenvalue weighted by Crippen LogP contribution is -2.62. The number of hydrogen-bond donors (Lipinski definition) is 0. The Morgan fingerprint density at radius 3 is 2.64 bits per heavy atom. The van der Waals surface area contributed by atoms with Gasteiger partial charge in [0.25, 0.3) is 5.91 Å². The van der Waals surface area contributed by atoms with Crippen LogP contribution in [-0.2, 0) is 9.53 Å². The van der Waals surface area contributed by atoms with Gasteiger partial charge in [-0.15, -0.1) is 0 Å². The van der Waals surface area contributed by atoms with Crippen molar-refractivity contribution in [3.63, 3.8) is 0 Å². The van der Waals surface area contributed by atoms with E-state index in [-0.39, 0.29) is 5.82 Å². The van der Waals surface area contributed by atoms with E-state index in [1.807, 2.05) is 0 Å². The molecule has 1 aliphatic heterocycles. The molecule has 1 aromatic rings. The van der Waals surface area contributed by atoms with Crippen molar-refractivity contribution in [2.75, 3.05) is 4.90 Å². The molecule has 1 aliphatic carbocycles. The van der Waals surface area contributed by atoms with Gasteiger partial charge in [0.15, 0.2) is 17.2 Å². The third-order valence-corrected chi connectivity index (χ3v) is 4.09. The van der Waals surface area contributed by atoms with Crippen LogP contribution < -0.4 is 9.64 Å². The molecule has 1 fully saturated rings. The molecule has 2 amide bonds. The number of nitrogens with zero attached hydrogens (tertiary/aromatic N) is 2. The lowest BCUT2D eigenvalue weighted by atomic mass is 9.78. The van der Waals surface area contributed by atoms with Crippen molar-refractivity contribution in [1.82, 2.24) is 4.98 Å². The van der Waals surface area contributed by atoms with Crippen LogP contribution in [0.25, 0.3) is 0 Å². The molecular formula is C15H17BrN2O4. The SMILES string of the molecule is CC(C)(C)OC(=O)N1C(=O)C2(CCC2)Oc2ccc(Br)nc21. The molecule has 0 unspecified atom stereocenters. The minimum atomic E-state index is -0.945. The first-order chi connectivity index (χ1) is 10.2. The van der Waals surface area contributed by atoms with Gasteiger partial charge in [-0.05, 0) is 68.1 Å². The van der Waals surface area contributed by atoms with E-state index in [1.54, 1.807) is 32.9 Å². The van der Waals surface area contributed by atoms with Crippen LogP contribution >= 0.6 is 15.9 Å². The summed E-state index contributed by atoms with van der Waals surface area (Å²) in [6.07, 6.45) is 1.37. The van der Waals surface area contributed by atoms with Crippen molar-refractivity contribution in [3.05, 3.63) is 16.7 Å². The molecule has 1 aromatic heterocycles. The summed E-state index contributed by atoms with van der Waals surface area (Å²) < 4.78 is 11.7. The maximum absolute atomic E-state index is 12.8. The monoisotopic (exact) mass is 368 g/mol. The Hall–Kier alpha value is -1.63. The molecule has 1 spiro atoms. The number of aromatic nitrogens is 1. The molecule has 22 heavy (non-hydrogen) atoms. The number of fused-ring (bicyclic) bond motifs is 1. The van der Waals surface area contributed by atoms with Gasteiger partial charge in [-0.3, -0.25) is 4.79 Å². The number of pyridine rings is 1. The predicted molar refractivity (Wildman–Crippen MR) is 82.9 cm³/mol. The van der Waals surface area contributed by atoms with Gasteiger partial charge in [0.2, 0.25) is 0 Å². The third kappa shape index (κ3) is 2.47. The summed E-state index contributed by atoms with van der Waals surface area (Å²) in [7, 11) is 0. The maximum atomic E-state index is 12.8. The minimum Gasteiger partial charge on any atom is -0.473 e. The average Bonchev–Trinajstić information content (AvgIpc) is 2.33. The molecule has 3 rings (SSSR count). The highest BCUT2D eigenvalue weighted by atomic mass is 79.9. The van der Waals surface area contributed by atoms with Crippen LogP contribution in [0, 0.1) is 0 Å². The molecule has 0 aromatic carbocycles. The summed E-state index contributed by atoms with van der Waals surface area (Å²) in [4.78, 5) is 30.5. The number of rotatable bonds is 0. The Morgan fingerprint density at radius 1 is 1.41 bits per heavy atom. The molecule has 0 saturated heterocycles. The van der Waals surface area contributed by atoms with Gasteiger partial charge in [0.05, 0.1) is 0 Å². The second kappa shape index (κ2) is 4.94. The van der Waals surface area contributed by atoms with Crippen molar-refractivity contribution in [3.8, 4) is 5.75 Å². The van der Waals surface area contributed by atoms with E-state index < -0.39 is 23.2 Å².